The molecule has 0 saturated heterocycles. The predicted molar refractivity (Wildman–Crippen MR) is 66.9 cm³/mol. The molecule has 0 spiro atoms. The Morgan fingerprint density at radius 1 is 1.31 bits per heavy atom. The summed E-state index contributed by atoms with van der Waals surface area (Å²) in [7, 11) is 0.125. The molecule has 16 heavy (non-hydrogen) atoms. The van der Waals surface area contributed by atoms with E-state index < -0.39 is 10.0 Å². The van der Waals surface area contributed by atoms with E-state index in [-0.39, 0.29) is 5.75 Å². The lowest BCUT2D eigenvalue weighted by Crippen LogP contribution is -2.35. The number of nitrogens with one attached hydrogen (secondary N) is 1. The number of hydrogen-bond donors (Lipinski definition) is 1. The molecule has 1 N–H and O–H groups in total. The average molecular weight is 248 g/mol. The van der Waals surface area contributed by atoms with E-state index in [9.17, 15) is 8.42 Å². The topological polar surface area (TPSA) is 49.4 Å². The quantitative estimate of drug-likeness (QED) is 0.764. The van der Waals surface area contributed by atoms with Gasteiger partial charge in [-0.25, -0.2) is 12.7 Å². The van der Waals surface area contributed by atoms with E-state index in [4.69, 9.17) is 0 Å². The van der Waals surface area contributed by atoms with E-state index in [2.05, 4.69) is 12.2 Å². The summed E-state index contributed by atoms with van der Waals surface area (Å²) in [5.41, 5.74) is 0. The van der Waals surface area contributed by atoms with Crippen molar-refractivity contribution in [2.24, 2.45) is 5.92 Å². The maximum atomic E-state index is 11.5. The summed E-state index contributed by atoms with van der Waals surface area (Å²) < 4.78 is 24.3. The summed E-state index contributed by atoms with van der Waals surface area (Å²) in [6, 6.07) is 0.530. The zero-order valence-electron chi connectivity index (χ0n) is 10.6. The molecule has 0 aliphatic heterocycles. The Morgan fingerprint density at radius 2 is 2.00 bits per heavy atom. The summed E-state index contributed by atoms with van der Waals surface area (Å²) in [4.78, 5) is 0. The molecule has 1 fully saturated rings. The first-order valence-electron chi connectivity index (χ1n) is 6.09. The summed E-state index contributed by atoms with van der Waals surface area (Å²) in [6.45, 7) is 2.80. The third kappa shape index (κ3) is 4.03. The molecule has 0 heterocycles. The molecule has 1 aliphatic rings. The molecule has 0 radical (unpaired) electrons. The Labute approximate surface area is 99.5 Å². The van der Waals surface area contributed by atoms with E-state index in [0.717, 1.165) is 5.92 Å². The van der Waals surface area contributed by atoms with Gasteiger partial charge in [0.15, 0.2) is 0 Å². The smallest absolute Gasteiger partial charge is 0.214 e. The molecule has 5 heteroatoms. The minimum atomic E-state index is -3.04. The van der Waals surface area contributed by atoms with Crippen LogP contribution in [0.15, 0.2) is 0 Å². The van der Waals surface area contributed by atoms with Crippen LogP contribution in [0.1, 0.15) is 32.6 Å². The van der Waals surface area contributed by atoms with Crippen LogP contribution in [0.2, 0.25) is 0 Å². The zero-order chi connectivity index (χ0) is 12.2. The molecule has 4 nitrogen and oxygen atoms in total. The molecule has 0 bridgehead atoms. The van der Waals surface area contributed by atoms with Crippen molar-refractivity contribution >= 4 is 10.0 Å². The van der Waals surface area contributed by atoms with Crippen LogP contribution >= 0.6 is 0 Å². The predicted octanol–water partition coefficient (Wildman–Crippen LogP) is 1.05. The molecule has 0 aromatic rings. The normalized spacial score (nSPS) is 26.5. The maximum Gasteiger partial charge on any atom is 0.214 e. The van der Waals surface area contributed by atoms with Crippen LogP contribution in [0.4, 0.5) is 0 Å². The molecule has 0 aromatic carbocycles. The van der Waals surface area contributed by atoms with E-state index in [0.29, 0.717) is 12.6 Å². The number of sulfonamides is 1. The van der Waals surface area contributed by atoms with Crippen LogP contribution in [-0.4, -0.2) is 45.2 Å². The van der Waals surface area contributed by atoms with Crippen LogP contribution < -0.4 is 5.32 Å². The van der Waals surface area contributed by atoms with Gasteiger partial charge in [0.05, 0.1) is 5.75 Å². The van der Waals surface area contributed by atoms with E-state index in [1.165, 1.54) is 30.0 Å². The van der Waals surface area contributed by atoms with Gasteiger partial charge in [-0.1, -0.05) is 13.3 Å². The van der Waals surface area contributed by atoms with Gasteiger partial charge in [0, 0.05) is 26.7 Å². The molecule has 0 amide bonds. The molecule has 2 atom stereocenters. The molecular weight excluding hydrogens is 224 g/mol. The number of hydrogen-bond acceptors (Lipinski definition) is 3. The molecule has 1 aliphatic carbocycles. The van der Waals surface area contributed by atoms with Crippen molar-refractivity contribution in [1.29, 1.82) is 0 Å². The van der Waals surface area contributed by atoms with Crippen molar-refractivity contribution in [2.45, 2.75) is 38.6 Å². The van der Waals surface area contributed by atoms with Gasteiger partial charge in [-0.15, -0.1) is 0 Å². The zero-order valence-corrected chi connectivity index (χ0v) is 11.4. The van der Waals surface area contributed by atoms with Crippen molar-refractivity contribution in [1.82, 2.24) is 9.62 Å². The lowest BCUT2D eigenvalue weighted by atomic mass is 10.1. The Morgan fingerprint density at radius 3 is 2.50 bits per heavy atom. The van der Waals surface area contributed by atoms with Crippen LogP contribution in [-0.2, 0) is 10.0 Å². The Balaban J connectivity index is 2.22. The van der Waals surface area contributed by atoms with Crippen molar-refractivity contribution < 1.29 is 8.42 Å². The first-order chi connectivity index (χ1) is 7.45. The lowest BCUT2D eigenvalue weighted by Gasteiger charge is -2.15. The second-order valence-electron chi connectivity index (χ2n) is 4.84. The highest BCUT2D eigenvalue weighted by Crippen LogP contribution is 2.27. The van der Waals surface area contributed by atoms with E-state index in [1.807, 2.05) is 0 Å². The lowest BCUT2D eigenvalue weighted by molar-refractivity contribution is 0.479. The summed E-state index contributed by atoms with van der Waals surface area (Å²) in [5, 5.41) is 3.35. The standard InChI is InChI=1S/C11H24N2O2S/c1-4-10-5-6-11(9-10)12-7-8-16(14,15)13(2)3/h10-12H,4-9H2,1-3H3. The SMILES string of the molecule is CCC1CCC(NCCS(=O)(=O)N(C)C)C1. The summed E-state index contributed by atoms with van der Waals surface area (Å²) in [5.74, 6) is 1.04. The largest absolute Gasteiger partial charge is 0.313 e. The molecule has 1 saturated carbocycles. The van der Waals surface area contributed by atoms with Crippen LogP contribution in [0.3, 0.4) is 0 Å². The van der Waals surface area contributed by atoms with Crippen LogP contribution in [0.5, 0.6) is 0 Å². The molecular formula is C11H24N2O2S. The minimum absolute atomic E-state index is 0.202. The van der Waals surface area contributed by atoms with E-state index >= 15 is 0 Å². The van der Waals surface area contributed by atoms with Gasteiger partial charge in [0.2, 0.25) is 10.0 Å². The maximum absolute atomic E-state index is 11.5. The highest BCUT2D eigenvalue weighted by molar-refractivity contribution is 7.89. The molecule has 2 unspecified atom stereocenters. The Hall–Kier alpha value is -0.130. The van der Waals surface area contributed by atoms with E-state index in [1.54, 1.807) is 14.1 Å². The second kappa shape index (κ2) is 5.98. The summed E-state index contributed by atoms with van der Waals surface area (Å²) in [6.07, 6.45) is 4.93. The highest BCUT2D eigenvalue weighted by atomic mass is 32.2. The fourth-order valence-corrected chi connectivity index (χ4v) is 2.95. The highest BCUT2D eigenvalue weighted by Gasteiger charge is 2.23. The number of nitrogens with zero attached hydrogens (tertiary/aromatic N) is 1. The first-order valence-corrected chi connectivity index (χ1v) is 7.70. The third-order valence-corrected chi connectivity index (χ3v) is 5.30. The average Bonchev–Trinajstić information content (AvgIpc) is 2.65. The van der Waals surface area contributed by atoms with Crippen molar-refractivity contribution in [3.05, 3.63) is 0 Å². The van der Waals surface area contributed by atoms with Gasteiger partial charge < -0.3 is 5.32 Å². The van der Waals surface area contributed by atoms with Crippen molar-refractivity contribution in [2.75, 3.05) is 26.4 Å². The molecule has 0 aromatic heterocycles. The fraction of sp³-hybridized carbons (Fsp3) is 1.00. The second-order valence-corrected chi connectivity index (χ2v) is 7.14. The first kappa shape index (κ1) is 13.9. The van der Waals surface area contributed by atoms with Crippen LogP contribution in [0, 0.1) is 5.92 Å². The van der Waals surface area contributed by atoms with Crippen LogP contribution in [0.25, 0.3) is 0 Å². The van der Waals surface area contributed by atoms with Gasteiger partial charge in [-0.3, -0.25) is 0 Å². The van der Waals surface area contributed by atoms with Crippen molar-refractivity contribution in [3.63, 3.8) is 0 Å². The third-order valence-electron chi connectivity index (χ3n) is 3.47. The number of rotatable bonds is 6. The van der Waals surface area contributed by atoms with Gasteiger partial charge >= 0.3 is 0 Å². The molecule has 1 rings (SSSR count). The monoisotopic (exact) mass is 248 g/mol. The van der Waals surface area contributed by atoms with Gasteiger partial charge in [0.1, 0.15) is 0 Å². The molecule has 96 valence electrons. The van der Waals surface area contributed by atoms with Gasteiger partial charge in [-0.05, 0) is 25.2 Å². The van der Waals surface area contributed by atoms with Crippen molar-refractivity contribution in [3.8, 4) is 0 Å². The van der Waals surface area contributed by atoms with Gasteiger partial charge in [0.25, 0.3) is 0 Å². The Kier molecular flexibility index (Phi) is 5.21. The van der Waals surface area contributed by atoms with Gasteiger partial charge in [-0.2, -0.15) is 0 Å². The Bertz CT molecular complexity index is 301. The summed E-state index contributed by atoms with van der Waals surface area (Å²) >= 11 is 0. The fourth-order valence-electron chi connectivity index (χ4n) is 2.21. The minimum Gasteiger partial charge on any atom is -0.313 e.